The summed E-state index contributed by atoms with van der Waals surface area (Å²) in [6.45, 7) is 6.86. The molecule has 0 aliphatic carbocycles. The van der Waals surface area contributed by atoms with Crippen molar-refractivity contribution in [3.8, 4) is 0 Å². The first-order valence-electron chi connectivity index (χ1n) is 4.24. The number of hydrogen-bond donors (Lipinski definition) is 1. The van der Waals surface area contributed by atoms with Gasteiger partial charge >= 0.3 is 25.2 Å². The molecule has 0 fully saturated rings. The van der Waals surface area contributed by atoms with E-state index >= 15 is 0 Å². The average Bonchev–Trinajstić information content (AvgIpc) is 2.08. The van der Waals surface area contributed by atoms with E-state index in [-0.39, 0.29) is 0 Å². The van der Waals surface area contributed by atoms with Crippen molar-refractivity contribution in [2.75, 3.05) is 13.1 Å². The van der Waals surface area contributed by atoms with E-state index in [9.17, 15) is 0 Å². The summed E-state index contributed by atoms with van der Waals surface area (Å²) in [4.78, 5) is 0. The molecule has 11 heavy (non-hydrogen) atoms. The molecule has 1 nitrogen and oxygen atoms in total. The molecule has 0 amide bonds. The van der Waals surface area contributed by atoms with Gasteiger partial charge in [0.05, 0.1) is 0 Å². The summed E-state index contributed by atoms with van der Waals surface area (Å²) in [7, 11) is 4.20. The molecular weight excluding hydrogens is 209 g/mol. The zero-order valence-electron chi connectivity index (χ0n) is 7.42. The minimum atomic E-state index is 1.20. The molecule has 0 spiro atoms. The van der Waals surface area contributed by atoms with E-state index in [1.807, 2.05) is 0 Å². The molecule has 0 aliphatic rings. The molecular formula is C8H19ClCuN. The van der Waals surface area contributed by atoms with Crippen molar-refractivity contribution >= 4 is 10.1 Å². The van der Waals surface area contributed by atoms with E-state index in [0.717, 1.165) is 0 Å². The zero-order chi connectivity index (χ0) is 8.95. The van der Waals surface area contributed by atoms with Crippen molar-refractivity contribution < 1.29 is 15.1 Å². The summed E-state index contributed by atoms with van der Waals surface area (Å²) in [5.74, 6) is 0. The van der Waals surface area contributed by atoms with Gasteiger partial charge in [0, 0.05) is 0 Å². The van der Waals surface area contributed by atoms with Gasteiger partial charge in [-0.25, -0.2) is 0 Å². The fourth-order valence-electron chi connectivity index (χ4n) is 0.729. The van der Waals surface area contributed by atoms with Gasteiger partial charge in [-0.15, -0.1) is 0 Å². The van der Waals surface area contributed by atoms with Gasteiger partial charge in [-0.1, -0.05) is 26.7 Å². The molecule has 0 bridgehead atoms. The molecule has 0 unspecified atom stereocenters. The van der Waals surface area contributed by atoms with Crippen LogP contribution in [-0.4, -0.2) is 13.1 Å². The van der Waals surface area contributed by atoms with Crippen LogP contribution in [0.4, 0.5) is 0 Å². The Morgan fingerprint density at radius 3 is 1.64 bits per heavy atom. The number of halogens is 1. The molecule has 0 aromatic rings. The van der Waals surface area contributed by atoms with Crippen LogP contribution in [0.5, 0.6) is 0 Å². The zero-order valence-corrected chi connectivity index (χ0v) is 9.12. The Labute approximate surface area is 83.3 Å². The summed E-state index contributed by atoms with van der Waals surface area (Å²) in [6, 6.07) is 0. The maximum atomic E-state index is 4.20. The standard InChI is InChI=1S/C8H19N.ClH.Cu/c1-3-5-7-9-8-6-4-2;;/h9H,3-8H2,1-2H3;1H;/q;;+1/p-1. The molecule has 0 rings (SSSR count). The quantitative estimate of drug-likeness (QED) is 0.544. The van der Waals surface area contributed by atoms with Gasteiger partial charge in [0.1, 0.15) is 0 Å². The van der Waals surface area contributed by atoms with Crippen LogP contribution in [0.2, 0.25) is 0 Å². The minimum absolute atomic E-state index is 1.20. The molecule has 0 aromatic heterocycles. The molecule has 74 valence electrons. The first-order valence-corrected chi connectivity index (χ1v) is 5.53. The van der Waals surface area contributed by atoms with Crippen molar-refractivity contribution in [3.63, 3.8) is 0 Å². The van der Waals surface area contributed by atoms with Crippen LogP contribution in [0.1, 0.15) is 39.5 Å². The molecule has 0 saturated heterocycles. The van der Waals surface area contributed by atoms with E-state index in [1.165, 1.54) is 38.8 Å². The third-order valence-electron chi connectivity index (χ3n) is 1.41. The summed E-state index contributed by atoms with van der Waals surface area (Å²) < 4.78 is 0. The van der Waals surface area contributed by atoms with E-state index in [4.69, 9.17) is 0 Å². The molecule has 1 N–H and O–H groups in total. The van der Waals surface area contributed by atoms with Gasteiger partial charge in [0.25, 0.3) is 0 Å². The van der Waals surface area contributed by atoms with Crippen LogP contribution in [0.3, 0.4) is 0 Å². The summed E-state index contributed by atoms with van der Waals surface area (Å²) in [6.07, 6.45) is 5.26. The van der Waals surface area contributed by atoms with Crippen molar-refractivity contribution in [2.45, 2.75) is 39.5 Å². The third kappa shape index (κ3) is 18.1. The van der Waals surface area contributed by atoms with Gasteiger partial charge in [-0.3, -0.25) is 0 Å². The first kappa shape index (κ1) is 14.3. The summed E-state index contributed by atoms with van der Waals surface area (Å²) in [5, 5.41) is 3.39. The van der Waals surface area contributed by atoms with Crippen LogP contribution < -0.4 is 5.32 Å². The van der Waals surface area contributed by atoms with Crippen molar-refractivity contribution in [1.82, 2.24) is 5.32 Å². The van der Waals surface area contributed by atoms with E-state index in [0.29, 0.717) is 0 Å². The van der Waals surface area contributed by atoms with E-state index < -0.39 is 0 Å². The van der Waals surface area contributed by atoms with Crippen LogP contribution in [0.25, 0.3) is 0 Å². The SMILES string of the molecule is CCCCNCCCC.[Cl][Cu]. The Morgan fingerprint density at radius 1 is 1.00 bits per heavy atom. The van der Waals surface area contributed by atoms with E-state index in [1.54, 1.807) is 0 Å². The molecule has 0 radical (unpaired) electrons. The second-order valence-electron chi connectivity index (χ2n) is 2.46. The van der Waals surface area contributed by atoms with Crippen LogP contribution >= 0.6 is 10.1 Å². The Balaban J connectivity index is 0. The maximum absolute atomic E-state index is 4.20. The van der Waals surface area contributed by atoms with Crippen molar-refractivity contribution in [1.29, 1.82) is 0 Å². The molecule has 0 atom stereocenters. The summed E-state index contributed by atoms with van der Waals surface area (Å²) >= 11 is 3.66. The Hall–Kier alpha value is 0.769. The number of rotatable bonds is 6. The fourth-order valence-corrected chi connectivity index (χ4v) is 0.729. The Kier molecular flexibility index (Phi) is 22.1. The fraction of sp³-hybridized carbons (Fsp3) is 1.00. The Bertz CT molecular complexity index is 47.4. The molecule has 3 heteroatoms. The third-order valence-corrected chi connectivity index (χ3v) is 1.41. The normalized spacial score (nSPS) is 8.82. The second-order valence-corrected chi connectivity index (χ2v) is 2.46. The topological polar surface area (TPSA) is 12.0 Å². The predicted octanol–water partition coefficient (Wildman–Crippen LogP) is 2.86. The summed E-state index contributed by atoms with van der Waals surface area (Å²) in [5.41, 5.74) is 0. The van der Waals surface area contributed by atoms with E-state index in [2.05, 4.69) is 44.4 Å². The van der Waals surface area contributed by atoms with Crippen molar-refractivity contribution in [3.05, 3.63) is 0 Å². The van der Waals surface area contributed by atoms with Crippen LogP contribution in [-0.2, 0) is 15.1 Å². The Morgan fingerprint density at radius 2 is 1.36 bits per heavy atom. The van der Waals surface area contributed by atoms with Crippen molar-refractivity contribution in [2.24, 2.45) is 0 Å². The first-order chi connectivity index (χ1) is 5.41. The molecule has 0 saturated carbocycles. The van der Waals surface area contributed by atoms with Gasteiger partial charge in [-0.05, 0) is 25.9 Å². The predicted molar refractivity (Wildman–Crippen MR) is 48.5 cm³/mol. The van der Waals surface area contributed by atoms with Crippen LogP contribution in [0, 0.1) is 0 Å². The number of nitrogens with one attached hydrogen (secondary N) is 1. The number of hydrogen-bond acceptors (Lipinski definition) is 1. The number of unbranched alkanes of at least 4 members (excludes halogenated alkanes) is 2. The second kappa shape index (κ2) is 17.0. The molecule has 0 aliphatic heterocycles. The monoisotopic (exact) mass is 227 g/mol. The molecule has 0 aromatic carbocycles. The van der Waals surface area contributed by atoms with Gasteiger partial charge in [0.15, 0.2) is 0 Å². The average molecular weight is 228 g/mol. The molecule has 0 heterocycles. The van der Waals surface area contributed by atoms with Crippen LogP contribution in [0.15, 0.2) is 0 Å². The van der Waals surface area contributed by atoms with Gasteiger partial charge < -0.3 is 5.32 Å². The van der Waals surface area contributed by atoms with Gasteiger partial charge in [-0.2, -0.15) is 0 Å². The van der Waals surface area contributed by atoms with Gasteiger partial charge in [0.2, 0.25) is 0 Å².